The topological polar surface area (TPSA) is 67.6 Å². The van der Waals surface area contributed by atoms with Crippen LogP contribution in [0.4, 0.5) is 5.69 Å². The van der Waals surface area contributed by atoms with Gasteiger partial charge in [0.1, 0.15) is 5.75 Å². The maximum atomic E-state index is 12.0. The number of ether oxygens (including phenoxy) is 1. The van der Waals surface area contributed by atoms with Gasteiger partial charge in [-0.15, -0.1) is 0 Å². The first-order chi connectivity index (χ1) is 8.93. The maximum absolute atomic E-state index is 12.0. The van der Waals surface area contributed by atoms with Crippen molar-refractivity contribution in [2.24, 2.45) is 0 Å². The molecule has 0 aliphatic heterocycles. The highest BCUT2D eigenvalue weighted by Gasteiger charge is 2.11. The third-order valence-electron chi connectivity index (χ3n) is 2.94. The van der Waals surface area contributed by atoms with E-state index in [9.17, 15) is 4.79 Å². The molecule has 0 aromatic heterocycles. The Morgan fingerprint density at radius 1 is 1.42 bits per heavy atom. The Labute approximate surface area is 114 Å². The summed E-state index contributed by atoms with van der Waals surface area (Å²) >= 11 is 0. The van der Waals surface area contributed by atoms with Crippen LogP contribution in [0.15, 0.2) is 18.2 Å². The molecule has 1 rings (SSSR count). The highest BCUT2D eigenvalue weighted by molar-refractivity contribution is 5.95. The molecule has 1 unspecified atom stereocenters. The molecule has 0 aliphatic carbocycles. The Hall–Kier alpha value is -1.75. The van der Waals surface area contributed by atoms with Gasteiger partial charge in [0.05, 0.1) is 6.61 Å². The Morgan fingerprint density at radius 3 is 2.68 bits per heavy atom. The second kappa shape index (κ2) is 6.99. The summed E-state index contributed by atoms with van der Waals surface area (Å²) < 4.78 is 5.37. The van der Waals surface area contributed by atoms with E-state index < -0.39 is 0 Å². The number of carbonyl (C=O) groups is 1. The number of nitrogens with two attached hydrogens (primary N) is 1. The summed E-state index contributed by atoms with van der Waals surface area (Å²) in [5.74, 6) is 0.482. The number of nitrogens with zero attached hydrogens (tertiary/aromatic N) is 1. The van der Waals surface area contributed by atoms with Gasteiger partial charge in [-0.05, 0) is 40.1 Å². The van der Waals surface area contributed by atoms with Crippen molar-refractivity contribution in [1.82, 2.24) is 10.2 Å². The maximum Gasteiger partial charge on any atom is 0.251 e. The van der Waals surface area contributed by atoms with Crippen molar-refractivity contribution in [3.8, 4) is 5.75 Å². The van der Waals surface area contributed by atoms with E-state index >= 15 is 0 Å². The van der Waals surface area contributed by atoms with Crippen LogP contribution in [0.3, 0.4) is 0 Å². The highest BCUT2D eigenvalue weighted by Crippen LogP contribution is 2.18. The van der Waals surface area contributed by atoms with Crippen LogP contribution in [0.5, 0.6) is 5.75 Å². The van der Waals surface area contributed by atoms with Gasteiger partial charge >= 0.3 is 0 Å². The molecule has 1 aromatic rings. The van der Waals surface area contributed by atoms with Crippen molar-refractivity contribution >= 4 is 11.6 Å². The number of carbonyl (C=O) groups excluding carboxylic acids is 1. The van der Waals surface area contributed by atoms with Gasteiger partial charge in [0, 0.05) is 29.9 Å². The molecule has 0 fully saturated rings. The Balaban J connectivity index is 2.71. The molecule has 0 heterocycles. The predicted octanol–water partition coefficient (Wildman–Crippen LogP) is 1.35. The summed E-state index contributed by atoms with van der Waals surface area (Å²) in [7, 11) is 3.95. The van der Waals surface area contributed by atoms with Gasteiger partial charge in [-0.25, -0.2) is 0 Å². The average molecular weight is 265 g/mol. The van der Waals surface area contributed by atoms with Crippen LogP contribution in [0.25, 0.3) is 0 Å². The molecule has 1 amide bonds. The first-order valence-electron chi connectivity index (χ1n) is 6.42. The van der Waals surface area contributed by atoms with Crippen LogP contribution in [0, 0.1) is 0 Å². The first kappa shape index (κ1) is 15.3. The molecule has 0 aliphatic rings. The Bertz CT molecular complexity index is 433. The molecule has 0 bridgehead atoms. The molecule has 19 heavy (non-hydrogen) atoms. The van der Waals surface area contributed by atoms with E-state index in [0.29, 0.717) is 30.2 Å². The normalized spacial score (nSPS) is 12.3. The van der Waals surface area contributed by atoms with Crippen LogP contribution in [0.2, 0.25) is 0 Å². The van der Waals surface area contributed by atoms with Crippen molar-refractivity contribution in [3.05, 3.63) is 23.8 Å². The molecule has 5 heteroatoms. The van der Waals surface area contributed by atoms with Crippen LogP contribution >= 0.6 is 0 Å². The lowest BCUT2D eigenvalue weighted by molar-refractivity contribution is 0.0943. The number of hydrogen-bond donors (Lipinski definition) is 2. The third-order valence-corrected chi connectivity index (χ3v) is 2.94. The fourth-order valence-corrected chi connectivity index (χ4v) is 1.53. The van der Waals surface area contributed by atoms with Crippen molar-refractivity contribution in [3.63, 3.8) is 0 Å². The average Bonchev–Trinajstić information content (AvgIpc) is 2.35. The minimum Gasteiger partial charge on any atom is -0.494 e. The fraction of sp³-hybridized carbons (Fsp3) is 0.500. The zero-order valence-electron chi connectivity index (χ0n) is 12.1. The summed E-state index contributed by atoms with van der Waals surface area (Å²) in [5.41, 5.74) is 6.81. The second-order valence-corrected chi connectivity index (χ2v) is 4.75. The smallest absolute Gasteiger partial charge is 0.251 e. The van der Waals surface area contributed by atoms with Gasteiger partial charge in [-0.2, -0.15) is 0 Å². The molecular weight excluding hydrogens is 242 g/mol. The van der Waals surface area contributed by atoms with Crippen LogP contribution in [-0.2, 0) is 0 Å². The molecule has 0 saturated heterocycles. The highest BCUT2D eigenvalue weighted by atomic mass is 16.5. The van der Waals surface area contributed by atoms with Crippen LogP contribution < -0.4 is 15.8 Å². The van der Waals surface area contributed by atoms with E-state index in [1.54, 1.807) is 18.2 Å². The number of likely N-dealkylation sites (N-methyl/N-ethyl adjacent to an activating group) is 1. The molecule has 0 spiro atoms. The second-order valence-electron chi connectivity index (χ2n) is 4.75. The summed E-state index contributed by atoms with van der Waals surface area (Å²) in [6.45, 7) is 5.07. The monoisotopic (exact) mass is 265 g/mol. The first-order valence-corrected chi connectivity index (χ1v) is 6.42. The van der Waals surface area contributed by atoms with E-state index in [2.05, 4.69) is 5.32 Å². The molecule has 1 atom stereocenters. The van der Waals surface area contributed by atoms with Crippen molar-refractivity contribution in [2.75, 3.05) is 33.0 Å². The van der Waals surface area contributed by atoms with E-state index in [4.69, 9.17) is 10.5 Å². The third kappa shape index (κ3) is 4.79. The largest absolute Gasteiger partial charge is 0.494 e. The van der Waals surface area contributed by atoms with Crippen molar-refractivity contribution in [2.45, 2.75) is 19.9 Å². The number of anilines is 1. The molecule has 0 saturated carbocycles. The fourth-order valence-electron chi connectivity index (χ4n) is 1.53. The number of benzene rings is 1. The SMILES string of the molecule is CCOc1cc(N)cc(C(=O)NCC(C)N(C)C)c1. The summed E-state index contributed by atoms with van der Waals surface area (Å²) in [6, 6.07) is 5.34. The van der Waals surface area contributed by atoms with Gasteiger partial charge in [0.15, 0.2) is 0 Å². The molecule has 5 nitrogen and oxygen atoms in total. The Kier molecular flexibility index (Phi) is 5.63. The number of rotatable bonds is 6. The van der Waals surface area contributed by atoms with Crippen LogP contribution in [0.1, 0.15) is 24.2 Å². The minimum absolute atomic E-state index is 0.137. The number of nitrogens with one attached hydrogen (secondary N) is 1. The van der Waals surface area contributed by atoms with Crippen LogP contribution in [-0.4, -0.2) is 44.1 Å². The van der Waals surface area contributed by atoms with E-state index in [0.717, 1.165) is 0 Å². The summed E-state index contributed by atoms with van der Waals surface area (Å²) in [5, 5.41) is 2.88. The van der Waals surface area contributed by atoms with Gasteiger partial charge in [0.25, 0.3) is 5.91 Å². The van der Waals surface area contributed by atoms with E-state index in [1.807, 2.05) is 32.8 Å². The molecular formula is C14H23N3O2. The molecule has 0 radical (unpaired) electrons. The number of amides is 1. The lowest BCUT2D eigenvalue weighted by atomic mass is 10.1. The number of nitrogen functional groups attached to an aromatic ring is 1. The van der Waals surface area contributed by atoms with Gasteiger partial charge in [-0.3, -0.25) is 4.79 Å². The van der Waals surface area contributed by atoms with Gasteiger partial charge in [0.2, 0.25) is 0 Å². The van der Waals surface area contributed by atoms with Crippen molar-refractivity contribution in [1.29, 1.82) is 0 Å². The lowest BCUT2D eigenvalue weighted by Crippen LogP contribution is -2.38. The van der Waals surface area contributed by atoms with Gasteiger partial charge < -0.3 is 20.7 Å². The standard InChI is InChI=1S/C14H23N3O2/c1-5-19-13-7-11(6-12(15)8-13)14(18)16-9-10(2)17(3)4/h6-8,10H,5,9,15H2,1-4H3,(H,16,18). The van der Waals surface area contributed by atoms with Gasteiger partial charge in [-0.1, -0.05) is 0 Å². The number of hydrogen-bond acceptors (Lipinski definition) is 4. The summed E-state index contributed by atoms with van der Waals surface area (Å²) in [6.07, 6.45) is 0. The predicted molar refractivity (Wildman–Crippen MR) is 77.5 cm³/mol. The zero-order valence-corrected chi connectivity index (χ0v) is 12.1. The molecule has 106 valence electrons. The zero-order chi connectivity index (χ0) is 14.4. The van der Waals surface area contributed by atoms with Crippen molar-refractivity contribution < 1.29 is 9.53 Å². The van der Waals surface area contributed by atoms with E-state index in [-0.39, 0.29) is 11.9 Å². The lowest BCUT2D eigenvalue weighted by Gasteiger charge is -2.20. The minimum atomic E-state index is -0.137. The quantitative estimate of drug-likeness (QED) is 0.762. The molecule has 3 N–H and O–H groups in total. The summed E-state index contributed by atoms with van der Waals surface area (Å²) in [4.78, 5) is 14.1. The molecule has 1 aromatic carbocycles. The van der Waals surface area contributed by atoms with E-state index in [1.165, 1.54) is 0 Å². The Morgan fingerprint density at radius 2 is 2.11 bits per heavy atom.